The molecule has 0 N–H and O–H groups in total. The minimum absolute atomic E-state index is 0.0540. The quantitative estimate of drug-likeness (QED) is 0.727. The predicted octanol–water partition coefficient (Wildman–Crippen LogP) is 3.92. The number of Topliss-reactive ketones (excluding diaryl/α,β-unsaturated/α-hetero) is 2. The van der Waals surface area contributed by atoms with Gasteiger partial charge in [0.05, 0.1) is 18.7 Å². The van der Waals surface area contributed by atoms with Crippen molar-refractivity contribution >= 4 is 28.6 Å². The first kappa shape index (κ1) is 19.6. The summed E-state index contributed by atoms with van der Waals surface area (Å²) in [5.74, 6) is -0.262. The van der Waals surface area contributed by atoms with Crippen LogP contribution >= 0.6 is 11.3 Å². The van der Waals surface area contributed by atoms with E-state index in [1.165, 1.54) is 29.7 Å². The molecule has 0 fully saturated rings. The van der Waals surface area contributed by atoms with E-state index in [0.29, 0.717) is 22.8 Å². The Balaban J connectivity index is 1.82. The van der Waals surface area contributed by atoms with Gasteiger partial charge in [-0.05, 0) is 32.5 Å². The van der Waals surface area contributed by atoms with Crippen LogP contribution < -0.4 is 0 Å². The summed E-state index contributed by atoms with van der Waals surface area (Å²) in [5.41, 5.74) is 2.91. The Morgan fingerprint density at radius 2 is 1.93 bits per heavy atom. The van der Waals surface area contributed by atoms with Crippen LogP contribution in [0.4, 0.5) is 0 Å². The molecule has 27 heavy (non-hydrogen) atoms. The summed E-state index contributed by atoms with van der Waals surface area (Å²) in [5, 5.41) is 0.721. The van der Waals surface area contributed by atoms with Gasteiger partial charge in [0.25, 0.3) is 0 Å². The first-order valence-corrected chi connectivity index (χ1v) is 10.2. The normalized spacial score (nSPS) is 15.6. The van der Waals surface area contributed by atoms with Crippen LogP contribution in [0, 0.1) is 0 Å². The monoisotopic (exact) mass is 383 g/mol. The fourth-order valence-corrected chi connectivity index (χ4v) is 3.99. The molecule has 0 spiro atoms. The van der Waals surface area contributed by atoms with Crippen LogP contribution in [0.25, 0.3) is 10.6 Å². The molecule has 2 aromatic rings. The van der Waals surface area contributed by atoms with E-state index >= 15 is 0 Å². The van der Waals surface area contributed by atoms with Crippen molar-refractivity contribution in [2.45, 2.75) is 32.6 Å². The second kappa shape index (κ2) is 8.67. The summed E-state index contributed by atoms with van der Waals surface area (Å²) in [6, 6.07) is 8.25. The lowest BCUT2D eigenvalue weighted by Gasteiger charge is -2.11. The maximum Gasteiger partial charge on any atom is 0.219 e. The third kappa shape index (κ3) is 4.57. The number of hydrogen-bond donors (Lipinski definition) is 0. The van der Waals surface area contributed by atoms with Crippen LogP contribution in [0.1, 0.15) is 51.9 Å². The largest absolute Gasteiger partial charge is 0.308 e. The van der Waals surface area contributed by atoms with Crippen LogP contribution in [0.5, 0.6) is 0 Å². The molecule has 3 rings (SSSR count). The molecule has 0 unspecified atom stereocenters. The van der Waals surface area contributed by atoms with E-state index in [4.69, 9.17) is 0 Å². The number of carbonyl (C=O) groups excluding carboxylic acids is 2. The van der Waals surface area contributed by atoms with Gasteiger partial charge in [0, 0.05) is 12.1 Å². The molecular formula is C21H25N3O2S. The maximum atomic E-state index is 12.7. The zero-order chi connectivity index (χ0) is 19.4. The molecular weight excluding hydrogens is 358 g/mol. The molecule has 0 atom stereocenters. The number of nitrogens with zero attached hydrogens (tertiary/aromatic N) is 3. The summed E-state index contributed by atoms with van der Waals surface area (Å²) in [7, 11) is 3.91. The van der Waals surface area contributed by atoms with Gasteiger partial charge in [0.2, 0.25) is 5.78 Å². The van der Waals surface area contributed by atoms with Crippen molar-refractivity contribution in [2.24, 2.45) is 4.99 Å². The molecule has 0 radical (unpaired) electrons. The Hall–Kier alpha value is -2.18. The number of carbonyl (C=O) groups is 2. The second-order valence-electron chi connectivity index (χ2n) is 7.06. The fourth-order valence-electron chi connectivity index (χ4n) is 2.94. The molecule has 5 nitrogen and oxygen atoms in total. The zero-order valence-electron chi connectivity index (χ0n) is 16.1. The highest BCUT2D eigenvalue weighted by molar-refractivity contribution is 7.18. The number of rotatable bonds is 7. The van der Waals surface area contributed by atoms with E-state index in [0.717, 1.165) is 23.5 Å². The topological polar surface area (TPSA) is 62.6 Å². The lowest BCUT2D eigenvalue weighted by molar-refractivity contribution is 0.0963. The molecule has 1 aromatic heterocycles. The van der Waals surface area contributed by atoms with Crippen molar-refractivity contribution in [2.75, 3.05) is 27.2 Å². The Morgan fingerprint density at radius 3 is 2.59 bits per heavy atom. The summed E-state index contributed by atoms with van der Waals surface area (Å²) in [4.78, 5) is 36.4. The summed E-state index contributed by atoms with van der Waals surface area (Å²) in [6.07, 6.45) is 3.46. The number of ketones is 2. The molecule has 0 bridgehead atoms. The third-order valence-corrected chi connectivity index (χ3v) is 5.66. The Kier molecular flexibility index (Phi) is 6.29. The van der Waals surface area contributed by atoms with Gasteiger partial charge in [-0.1, -0.05) is 37.6 Å². The van der Waals surface area contributed by atoms with E-state index in [9.17, 15) is 9.59 Å². The van der Waals surface area contributed by atoms with Gasteiger partial charge in [0.1, 0.15) is 15.6 Å². The van der Waals surface area contributed by atoms with E-state index in [2.05, 4.69) is 29.0 Å². The van der Waals surface area contributed by atoms with Gasteiger partial charge >= 0.3 is 0 Å². The Labute approximate surface area is 164 Å². The van der Waals surface area contributed by atoms with Crippen LogP contribution in [-0.4, -0.2) is 54.3 Å². The number of benzene rings is 1. The number of hydrogen-bond acceptors (Lipinski definition) is 6. The number of fused-ring (bicyclic) bond motifs is 1. The van der Waals surface area contributed by atoms with Crippen molar-refractivity contribution in [1.29, 1.82) is 0 Å². The third-order valence-electron chi connectivity index (χ3n) is 4.56. The molecule has 1 aliphatic rings. The SMILES string of the molecule is CCCCc1ccc(-c2nc3c(s2)C(=O)C(=NCCN(C)C)CC3=O)cc1. The van der Waals surface area contributed by atoms with Crippen LogP contribution in [0.3, 0.4) is 0 Å². The van der Waals surface area contributed by atoms with E-state index in [-0.39, 0.29) is 18.0 Å². The highest BCUT2D eigenvalue weighted by atomic mass is 32.1. The maximum absolute atomic E-state index is 12.7. The molecule has 142 valence electrons. The van der Waals surface area contributed by atoms with Crippen molar-refractivity contribution in [1.82, 2.24) is 9.88 Å². The summed E-state index contributed by atoms with van der Waals surface area (Å²) < 4.78 is 0. The van der Waals surface area contributed by atoms with Crippen LogP contribution in [-0.2, 0) is 6.42 Å². The molecule has 1 heterocycles. The standard InChI is InChI=1S/C21H25N3O2S/c1-4-5-6-14-7-9-15(10-8-14)21-23-18-17(25)13-16(19(26)20(18)27-21)22-11-12-24(2)3/h7-10H,4-6,11-13H2,1-3H3. The number of thiazole rings is 1. The first-order valence-electron chi connectivity index (χ1n) is 9.35. The molecule has 6 heteroatoms. The van der Waals surface area contributed by atoms with Crippen LogP contribution in [0.2, 0.25) is 0 Å². The van der Waals surface area contributed by atoms with E-state index in [1.54, 1.807) is 0 Å². The first-order chi connectivity index (χ1) is 13.0. The molecule has 0 saturated heterocycles. The molecule has 0 saturated carbocycles. The van der Waals surface area contributed by atoms with E-state index < -0.39 is 0 Å². The van der Waals surface area contributed by atoms with Crippen molar-refractivity contribution < 1.29 is 9.59 Å². The number of unbranched alkanes of at least 4 members (excludes halogenated alkanes) is 1. The second-order valence-corrected chi connectivity index (χ2v) is 8.06. The lowest BCUT2D eigenvalue weighted by atomic mass is 9.98. The molecule has 0 amide bonds. The van der Waals surface area contributed by atoms with Gasteiger partial charge in [-0.3, -0.25) is 14.6 Å². The van der Waals surface area contributed by atoms with Gasteiger partial charge in [-0.25, -0.2) is 4.98 Å². The van der Waals surface area contributed by atoms with Gasteiger partial charge in [-0.2, -0.15) is 0 Å². The number of aromatic nitrogens is 1. The summed E-state index contributed by atoms with van der Waals surface area (Å²) in [6.45, 7) is 3.44. The number of aliphatic imine (C=N–C) groups is 1. The van der Waals surface area contributed by atoms with Crippen molar-refractivity contribution in [3.63, 3.8) is 0 Å². The Morgan fingerprint density at radius 1 is 1.19 bits per heavy atom. The minimum Gasteiger partial charge on any atom is -0.308 e. The number of aryl methyl sites for hydroxylation is 1. The molecule has 1 aliphatic carbocycles. The van der Waals surface area contributed by atoms with Crippen molar-refractivity contribution in [3.8, 4) is 10.6 Å². The lowest BCUT2D eigenvalue weighted by Crippen LogP contribution is -2.27. The Bertz CT molecular complexity index is 866. The average molecular weight is 384 g/mol. The smallest absolute Gasteiger partial charge is 0.219 e. The van der Waals surface area contributed by atoms with E-state index in [1.807, 2.05) is 31.1 Å². The zero-order valence-corrected chi connectivity index (χ0v) is 16.9. The molecule has 0 aliphatic heterocycles. The van der Waals surface area contributed by atoms with Gasteiger partial charge < -0.3 is 4.90 Å². The minimum atomic E-state index is -0.147. The fraction of sp³-hybridized carbons (Fsp3) is 0.429. The van der Waals surface area contributed by atoms with Gasteiger partial charge in [0.15, 0.2) is 5.78 Å². The average Bonchev–Trinajstić information content (AvgIpc) is 3.10. The summed E-state index contributed by atoms with van der Waals surface area (Å²) >= 11 is 1.29. The highest BCUT2D eigenvalue weighted by Gasteiger charge is 2.33. The number of likely N-dealkylation sites (N-methyl/N-ethyl adjacent to an activating group) is 1. The molecule has 1 aromatic carbocycles. The van der Waals surface area contributed by atoms with Gasteiger partial charge in [-0.15, -0.1) is 11.3 Å². The van der Waals surface area contributed by atoms with Crippen LogP contribution in [0.15, 0.2) is 29.3 Å². The predicted molar refractivity (Wildman–Crippen MR) is 110 cm³/mol. The highest BCUT2D eigenvalue weighted by Crippen LogP contribution is 2.32. The van der Waals surface area contributed by atoms with Crippen molar-refractivity contribution in [3.05, 3.63) is 40.4 Å².